The second kappa shape index (κ2) is 4.61. The van der Waals surface area contributed by atoms with Gasteiger partial charge in [-0.1, -0.05) is 6.07 Å². The van der Waals surface area contributed by atoms with Crippen molar-refractivity contribution in [3.05, 3.63) is 41.2 Å². The van der Waals surface area contributed by atoms with Gasteiger partial charge in [0.05, 0.1) is 17.9 Å². The molecule has 1 aromatic heterocycles. The minimum Gasteiger partial charge on any atom is -0.490 e. The lowest BCUT2D eigenvalue weighted by molar-refractivity contribution is 0.306. The minimum atomic E-state index is 0.746. The average molecular weight is 257 g/mol. The van der Waals surface area contributed by atoms with Crippen LogP contribution in [0.15, 0.2) is 24.4 Å². The molecule has 4 heteroatoms. The predicted octanol–water partition coefficient (Wildman–Crippen LogP) is 2.44. The summed E-state index contributed by atoms with van der Waals surface area (Å²) in [5, 5.41) is 4.41. The zero-order valence-corrected chi connectivity index (χ0v) is 11.7. The van der Waals surface area contributed by atoms with Gasteiger partial charge in [0.2, 0.25) is 0 Å². The first-order valence-corrected chi connectivity index (χ1v) is 6.61. The Morgan fingerprint density at radius 1 is 1.32 bits per heavy atom. The highest BCUT2D eigenvalue weighted by Gasteiger charge is 2.19. The van der Waals surface area contributed by atoms with E-state index in [9.17, 15) is 0 Å². The molecule has 0 bridgehead atoms. The molecule has 0 N–H and O–H groups in total. The highest BCUT2D eigenvalue weighted by atomic mass is 16.5. The highest BCUT2D eigenvalue weighted by Crippen LogP contribution is 2.33. The fourth-order valence-electron chi connectivity index (χ4n) is 2.56. The molecule has 0 spiro atoms. The quantitative estimate of drug-likeness (QED) is 0.827. The third-order valence-corrected chi connectivity index (χ3v) is 3.55. The summed E-state index contributed by atoms with van der Waals surface area (Å²) in [6, 6.07) is 6.39. The van der Waals surface area contributed by atoms with Gasteiger partial charge in [0.25, 0.3) is 0 Å². The van der Waals surface area contributed by atoms with Crippen molar-refractivity contribution in [2.45, 2.75) is 20.4 Å². The zero-order chi connectivity index (χ0) is 13.4. The first kappa shape index (κ1) is 12.1. The van der Waals surface area contributed by atoms with E-state index in [2.05, 4.69) is 48.2 Å². The van der Waals surface area contributed by atoms with Crippen molar-refractivity contribution in [3.63, 3.8) is 0 Å². The van der Waals surface area contributed by atoms with E-state index in [0.717, 1.165) is 31.1 Å². The molecule has 1 aliphatic heterocycles. The summed E-state index contributed by atoms with van der Waals surface area (Å²) in [6.45, 7) is 6.71. The van der Waals surface area contributed by atoms with Gasteiger partial charge in [0.1, 0.15) is 12.4 Å². The van der Waals surface area contributed by atoms with Crippen LogP contribution in [-0.4, -0.2) is 22.9 Å². The molecule has 4 nitrogen and oxygen atoms in total. The van der Waals surface area contributed by atoms with Crippen molar-refractivity contribution in [2.75, 3.05) is 18.1 Å². The van der Waals surface area contributed by atoms with Crippen molar-refractivity contribution in [3.8, 4) is 5.75 Å². The molecular formula is C15H19N3O. The van der Waals surface area contributed by atoms with Crippen LogP contribution < -0.4 is 9.64 Å². The SMILES string of the molecule is Cc1ccc2c(c1)OCCN2Cc1cn(C)nc1C. The molecule has 1 aliphatic rings. The van der Waals surface area contributed by atoms with Crippen LogP contribution in [0.1, 0.15) is 16.8 Å². The summed E-state index contributed by atoms with van der Waals surface area (Å²) in [5.41, 5.74) is 4.79. The Bertz CT molecular complexity index is 603. The lowest BCUT2D eigenvalue weighted by Gasteiger charge is -2.31. The first-order valence-electron chi connectivity index (χ1n) is 6.61. The number of nitrogens with zero attached hydrogens (tertiary/aromatic N) is 3. The van der Waals surface area contributed by atoms with Crippen LogP contribution in [-0.2, 0) is 13.6 Å². The van der Waals surface area contributed by atoms with Crippen molar-refractivity contribution < 1.29 is 4.74 Å². The van der Waals surface area contributed by atoms with Gasteiger partial charge in [-0.25, -0.2) is 0 Å². The second-order valence-corrected chi connectivity index (χ2v) is 5.15. The molecule has 3 rings (SSSR count). The van der Waals surface area contributed by atoms with Crippen molar-refractivity contribution >= 4 is 5.69 Å². The van der Waals surface area contributed by atoms with Crippen LogP contribution >= 0.6 is 0 Å². The Balaban J connectivity index is 1.89. The number of aromatic nitrogens is 2. The number of benzene rings is 1. The van der Waals surface area contributed by atoms with Crippen LogP contribution in [0.2, 0.25) is 0 Å². The molecule has 0 atom stereocenters. The molecule has 19 heavy (non-hydrogen) atoms. The topological polar surface area (TPSA) is 30.3 Å². The maximum atomic E-state index is 5.75. The minimum absolute atomic E-state index is 0.746. The average Bonchev–Trinajstić information content (AvgIpc) is 2.68. The van der Waals surface area contributed by atoms with Crippen LogP contribution in [0.4, 0.5) is 5.69 Å². The van der Waals surface area contributed by atoms with Crippen LogP contribution in [0, 0.1) is 13.8 Å². The Kier molecular flexibility index (Phi) is 2.93. The molecular weight excluding hydrogens is 238 g/mol. The largest absolute Gasteiger partial charge is 0.490 e. The van der Waals surface area contributed by atoms with Crippen LogP contribution in [0.3, 0.4) is 0 Å². The number of fused-ring (bicyclic) bond motifs is 1. The molecule has 0 amide bonds. The monoisotopic (exact) mass is 257 g/mol. The van der Waals surface area contributed by atoms with E-state index < -0.39 is 0 Å². The molecule has 0 fully saturated rings. The molecule has 0 aliphatic carbocycles. The second-order valence-electron chi connectivity index (χ2n) is 5.15. The number of aryl methyl sites for hydroxylation is 3. The molecule has 100 valence electrons. The van der Waals surface area contributed by atoms with Crippen LogP contribution in [0.25, 0.3) is 0 Å². The van der Waals surface area contributed by atoms with Gasteiger partial charge in [-0.2, -0.15) is 5.10 Å². The van der Waals surface area contributed by atoms with E-state index in [0.29, 0.717) is 0 Å². The maximum Gasteiger partial charge on any atom is 0.142 e. The lowest BCUT2D eigenvalue weighted by Crippen LogP contribution is -2.32. The predicted molar refractivity (Wildman–Crippen MR) is 75.7 cm³/mol. The molecule has 1 aromatic carbocycles. The summed E-state index contributed by atoms with van der Waals surface area (Å²) in [4.78, 5) is 2.36. The van der Waals surface area contributed by atoms with Gasteiger partial charge in [0, 0.05) is 25.4 Å². The van der Waals surface area contributed by atoms with Gasteiger partial charge in [-0.3, -0.25) is 4.68 Å². The number of hydrogen-bond acceptors (Lipinski definition) is 3. The Labute approximate surface area is 113 Å². The lowest BCUT2D eigenvalue weighted by atomic mass is 10.1. The third kappa shape index (κ3) is 2.30. The van der Waals surface area contributed by atoms with Gasteiger partial charge in [0.15, 0.2) is 0 Å². The van der Waals surface area contributed by atoms with Crippen molar-refractivity contribution in [1.82, 2.24) is 9.78 Å². The summed E-state index contributed by atoms with van der Waals surface area (Å²) in [6.07, 6.45) is 2.10. The molecule has 2 heterocycles. The fraction of sp³-hybridized carbons (Fsp3) is 0.400. The molecule has 0 saturated heterocycles. The van der Waals surface area contributed by atoms with E-state index in [1.54, 1.807) is 0 Å². The highest BCUT2D eigenvalue weighted by molar-refractivity contribution is 5.61. The standard InChI is InChI=1S/C15H19N3O/c1-11-4-5-14-15(8-11)19-7-6-18(14)10-13-9-17(3)16-12(13)2/h4-5,8-9H,6-7,10H2,1-3H3. The molecule has 0 unspecified atom stereocenters. The van der Waals surface area contributed by atoms with Gasteiger partial charge in [-0.05, 0) is 31.5 Å². The Morgan fingerprint density at radius 2 is 2.16 bits per heavy atom. The third-order valence-electron chi connectivity index (χ3n) is 3.55. The molecule has 2 aromatic rings. The normalized spacial score (nSPS) is 14.2. The summed E-state index contributed by atoms with van der Waals surface area (Å²) in [5.74, 6) is 0.993. The van der Waals surface area contributed by atoms with E-state index in [1.807, 2.05) is 11.7 Å². The maximum absolute atomic E-state index is 5.75. The van der Waals surface area contributed by atoms with Gasteiger partial charge in [-0.15, -0.1) is 0 Å². The fourth-order valence-corrected chi connectivity index (χ4v) is 2.56. The van der Waals surface area contributed by atoms with Crippen LogP contribution in [0.5, 0.6) is 5.75 Å². The van der Waals surface area contributed by atoms with Crippen molar-refractivity contribution in [2.24, 2.45) is 7.05 Å². The van der Waals surface area contributed by atoms with Gasteiger partial charge >= 0.3 is 0 Å². The van der Waals surface area contributed by atoms with E-state index in [1.165, 1.54) is 16.8 Å². The number of rotatable bonds is 2. The zero-order valence-electron chi connectivity index (χ0n) is 11.7. The van der Waals surface area contributed by atoms with Gasteiger partial charge < -0.3 is 9.64 Å². The molecule has 0 saturated carbocycles. The first-order chi connectivity index (χ1) is 9.13. The Morgan fingerprint density at radius 3 is 2.89 bits per heavy atom. The Hall–Kier alpha value is -1.97. The van der Waals surface area contributed by atoms with Crippen molar-refractivity contribution in [1.29, 1.82) is 0 Å². The number of hydrogen-bond donors (Lipinski definition) is 0. The molecule has 0 radical (unpaired) electrons. The number of anilines is 1. The van der Waals surface area contributed by atoms with E-state index in [4.69, 9.17) is 4.74 Å². The summed E-state index contributed by atoms with van der Waals surface area (Å²) < 4.78 is 7.62. The summed E-state index contributed by atoms with van der Waals surface area (Å²) >= 11 is 0. The van der Waals surface area contributed by atoms with E-state index >= 15 is 0 Å². The van der Waals surface area contributed by atoms with E-state index in [-0.39, 0.29) is 0 Å². The smallest absolute Gasteiger partial charge is 0.142 e. The summed E-state index contributed by atoms with van der Waals surface area (Å²) in [7, 11) is 1.97. The number of ether oxygens (including phenoxy) is 1.